The van der Waals surface area contributed by atoms with Crippen molar-refractivity contribution < 1.29 is 14.3 Å². The summed E-state index contributed by atoms with van der Waals surface area (Å²) >= 11 is 5.87. The molecule has 8 heteroatoms. The molecule has 2 heterocycles. The van der Waals surface area contributed by atoms with Crippen LogP contribution in [0, 0.1) is 24.1 Å². The number of pyridine rings is 2. The quantitative estimate of drug-likeness (QED) is 0.347. The van der Waals surface area contributed by atoms with Gasteiger partial charge >= 0.3 is 5.97 Å². The normalized spacial score (nSPS) is 11.7. The van der Waals surface area contributed by atoms with E-state index in [0.29, 0.717) is 22.3 Å². The lowest BCUT2D eigenvalue weighted by Crippen LogP contribution is -2.13. The molecule has 0 saturated heterocycles. The number of carboxylic acids is 1. The summed E-state index contributed by atoms with van der Waals surface area (Å²) in [5, 5.41) is 23.3. The highest BCUT2D eigenvalue weighted by Crippen LogP contribution is 2.33. The first-order valence-corrected chi connectivity index (χ1v) is 10.4. The van der Waals surface area contributed by atoms with Gasteiger partial charge in [-0.3, -0.25) is 0 Å². The first-order valence-electron chi connectivity index (χ1n) is 10.0. The van der Waals surface area contributed by atoms with E-state index in [1.807, 2.05) is 32.0 Å². The Morgan fingerprint density at radius 3 is 2.55 bits per heavy atom. The van der Waals surface area contributed by atoms with Crippen molar-refractivity contribution in [3.63, 3.8) is 0 Å². The van der Waals surface area contributed by atoms with Crippen LogP contribution in [0.25, 0.3) is 22.0 Å². The van der Waals surface area contributed by atoms with Gasteiger partial charge in [0, 0.05) is 17.0 Å². The fourth-order valence-corrected chi connectivity index (χ4v) is 3.92. The number of rotatable bonds is 5. The summed E-state index contributed by atoms with van der Waals surface area (Å²) in [6, 6.07) is 16.5. The van der Waals surface area contributed by atoms with Crippen molar-refractivity contribution in [1.82, 2.24) is 9.97 Å². The Kier molecular flexibility index (Phi) is 5.95. The number of aromatic nitrogens is 2. The molecule has 2 N–H and O–H groups in total. The van der Waals surface area contributed by atoms with Gasteiger partial charge in [-0.2, -0.15) is 5.26 Å². The second-order valence-corrected chi connectivity index (χ2v) is 8.01. The van der Waals surface area contributed by atoms with Gasteiger partial charge in [-0.05, 0) is 66.9 Å². The van der Waals surface area contributed by atoms with Crippen LogP contribution in [0.15, 0.2) is 54.6 Å². The van der Waals surface area contributed by atoms with Crippen molar-refractivity contribution in [2.75, 3.05) is 5.32 Å². The van der Waals surface area contributed by atoms with Crippen LogP contribution in [0.3, 0.4) is 0 Å². The minimum absolute atomic E-state index is 0.0868. The Balaban J connectivity index is 1.85. The summed E-state index contributed by atoms with van der Waals surface area (Å²) in [6.07, 6.45) is 0. The zero-order valence-corrected chi connectivity index (χ0v) is 18.5. The number of nitrogens with zero attached hydrogens (tertiary/aromatic N) is 3. The summed E-state index contributed by atoms with van der Waals surface area (Å²) in [5.41, 5.74) is 4.07. The number of nitriles is 1. The minimum Gasteiger partial charge on any atom is -0.476 e. The number of nitrogens with one attached hydrogen (secondary N) is 1. The van der Waals surface area contributed by atoms with Gasteiger partial charge in [-0.1, -0.05) is 29.8 Å². The molecule has 0 fully saturated rings. The molecule has 4 aromatic rings. The lowest BCUT2D eigenvalue weighted by Gasteiger charge is -2.20. The molecule has 1 atom stereocenters. The van der Waals surface area contributed by atoms with Gasteiger partial charge in [-0.25, -0.2) is 19.2 Å². The molecule has 164 valence electrons. The van der Waals surface area contributed by atoms with Crippen LogP contribution >= 0.6 is 11.6 Å². The smallest absolute Gasteiger partial charge is 0.356 e. The largest absolute Gasteiger partial charge is 0.476 e. The van der Waals surface area contributed by atoms with Crippen LogP contribution < -0.4 is 5.32 Å². The molecule has 1 unspecified atom stereocenters. The molecular weight excluding hydrogens is 443 g/mol. The third kappa shape index (κ3) is 4.47. The number of aromatic carboxylic acids is 1. The maximum atomic E-state index is 13.4. The predicted molar refractivity (Wildman–Crippen MR) is 125 cm³/mol. The molecule has 4 rings (SSSR count). The Hall–Kier alpha value is -4.02. The molecule has 6 nitrogen and oxygen atoms in total. The van der Waals surface area contributed by atoms with E-state index in [-0.39, 0.29) is 28.4 Å². The highest BCUT2D eigenvalue weighted by molar-refractivity contribution is 6.29. The highest BCUT2D eigenvalue weighted by atomic mass is 35.5. The van der Waals surface area contributed by atoms with Crippen LogP contribution in [-0.4, -0.2) is 21.0 Å². The maximum absolute atomic E-state index is 13.4. The van der Waals surface area contributed by atoms with Gasteiger partial charge in [-0.15, -0.1) is 0 Å². The molecule has 0 aliphatic rings. The summed E-state index contributed by atoms with van der Waals surface area (Å²) in [7, 11) is 0. The van der Waals surface area contributed by atoms with E-state index in [2.05, 4.69) is 21.4 Å². The van der Waals surface area contributed by atoms with E-state index in [4.69, 9.17) is 11.6 Å². The SMILES string of the molecule is Cc1cc(C(C)Nc2ccc(Cl)nc2C(=O)O)c2cc(-c3ccc(F)cc3)c(C#N)nc2c1. The fourth-order valence-electron chi connectivity index (χ4n) is 3.77. The average molecular weight is 461 g/mol. The molecule has 2 aromatic carbocycles. The van der Waals surface area contributed by atoms with Crippen LogP contribution in [-0.2, 0) is 0 Å². The van der Waals surface area contributed by atoms with Crippen LogP contribution in [0.4, 0.5) is 10.1 Å². The molecule has 0 bridgehead atoms. The van der Waals surface area contributed by atoms with Gasteiger partial charge in [0.1, 0.15) is 22.7 Å². The molecule has 0 spiro atoms. The molecule has 0 saturated carbocycles. The third-order valence-electron chi connectivity index (χ3n) is 5.27. The first kappa shape index (κ1) is 22.2. The summed E-state index contributed by atoms with van der Waals surface area (Å²) in [4.78, 5) is 20.1. The van der Waals surface area contributed by atoms with E-state index in [9.17, 15) is 19.6 Å². The van der Waals surface area contributed by atoms with Gasteiger partial charge in [0.25, 0.3) is 0 Å². The number of halogens is 2. The second-order valence-electron chi connectivity index (χ2n) is 7.63. The van der Waals surface area contributed by atoms with Crippen molar-refractivity contribution in [1.29, 1.82) is 5.26 Å². The van der Waals surface area contributed by atoms with Gasteiger partial charge in [0.05, 0.1) is 11.2 Å². The summed E-state index contributed by atoms with van der Waals surface area (Å²) in [6.45, 7) is 3.81. The summed E-state index contributed by atoms with van der Waals surface area (Å²) in [5.74, 6) is -1.56. The lowest BCUT2D eigenvalue weighted by atomic mass is 9.95. The lowest BCUT2D eigenvalue weighted by molar-refractivity contribution is 0.0691. The van der Waals surface area contributed by atoms with E-state index >= 15 is 0 Å². The second kappa shape index (κ2) is 8.85. The number of fused-ring (bicyclic) bond motifs is 1. The number of aryl methyl sites for hydroxylation is 1. The number of hydrogen-bond donors (Lipinski definition) is 2. The fraction of sp³-hybridized carbons (Fsp3) is 0.120. The Bertz CT molecular complexity index is 1430. The van der Waals surface area contributed by atoms with E-state index in [1.165, 1.54) is 18.2 Å². The van der Waals surface area contributed by atoms with E-state index in [1.54, 1.807) is 18.2 Å². The van der Waals surface area contributed by atoms with Crippen molar-refractivity contribution in [2.45, 2.75) is 19.9 Å². The van der Waals surface area contributed by atoms with E-state index < -0.39 is 5.97 Å². The van der Waals surface area contributed by atoms with Crippen LogP contribution in [0.2, 0.25) is 5.15 Å². The van der Waals surface area contributed by atoms with Gasteiger partial charge in [0.15, 0.2) is 5.69 Å². The Labute approximate surface area is 194 Å². The van der Waals surface area contributed by atoms with Gasteiger partial charge in [0.2, 0.25) is 0 Å². The Morgan fingerprint density at radius 2 is 1.88 bits per heavy atom. The van der Waals surface area contributed by atoms with Crippen molar-refractivity contribution in [2.24, 2.45) is 0 Å². The number of carbonyl (C=O) groups is 1. The van der Waals surface area contributed by atoms with Crippen molar-refractivity contribution >= 4 is 34.2 Å². The van der Waals surface area contributed by atoms with Crippen molar-refractivity contribution in [3.05, 3.63) is 88.1 Å². The number of anilines is 1. The van der Waals surface area contributed by atoms with Crippen molar-refractivity contribution in [3.8, 4) is 17.2 Å². The van der Waals surface area contributed by atoms with E-state index in [0.717, 1.165) is 16.5 Å². The number of benzene rings is 2. The molecule has 0 amide bonds. The van der Waals surface area contributed by atoms with Crippen LogP contribution in [0.5, 0.6) is 0 Å². The monoisotopic (exact) mass is 460 g/mol. The average Bonchev–Trinajstić information content (AvgIpc) is 2.79. The molecule has 0 aliphatic carbocycles. The Morgan fingerprint density at radius 1 is 1.15 bits per heavy atom. The highest BCUT2D eigenvalue weighted by Gasteiger charge is 2.19. The van der Waals surface area contributed by atoms with Gasteiger partial charge < -0.3 is 10.4 Å². The predicted octanol–water partition coefficient (Wildman–Crippen LogP) is 6.14. The topological polar surface area (TPSA) is 98.9 Å². The minimum atomic E-state index is -1.19. The first-order chi connectivity index (χ1) is 15.8. The zero-order valence-electron chi connectivity index (χ0n) is 17.7. The maximum Gasteiger partial charge on any atom is 0.356 e. The van der Waals surface area contributed by atoms with Crippen LogP contribution in [0.1, 0.15) is 40.3 Å². The number of carboxylic acid groups (broad SMARTS) is 1. The third-order valence-corrected chi connectivity index (χ3v) is 5.48. The number of hydrogen-bond acceptors (Lipinski definition) is 5. The molecule has 33 heavy (non-hydrogen) atoms. The molecule has 0 aliphatic heterocycles. The molecular formula is C25H18ClFN4O2. The summed E-state index contributed by atoms with van der Waals surface area (Å²) < 4.78 is 13.4. The molecule has 0 radical (unpaired) electrons. The molecule has 2 aromatic heterocycles. The standard InChI is InChI=1S/C25H18ClFN4O2/c1-13-9-17(14(2)29-20-7-8-23(26)31-24(20)25(32)33)19-11-18(15-3-5-16(27)6-4-15)22(12-28)30-21(19)10-13/h3-11,14,29H,1-2H3,(H,32,33). The zero-order chi connectivity index (χ0) is 23.7.